The summed E-state index contributed by atoms with van der Waals surface area (Å²) in [6.45, 7) is 4.82. The number of carbonyl (C=O) groups excluding carboxylic acids is 2. The Bertz CT molecular complexity index is 1280. The van der Waals surface area contributed by atoms with E-state index in [1.165, 1.54) is 17.0 Å². The van der Waals surface area contributed by atoms with E-state index in [0.29, 0.717) is 16.3 Å². The number of sulfonamides is 1. The van der Waals surface area contributed by atoms with Crippen molar-refractivity contribution in [2.24, 2.45) is 0 Å². The molecule has 0 aliphatic carbocycles. The van der Waals surface area contributed by atoms with Crippen molar-refractivity contribution in [3.63, 3.8) is 0 Å². The van der Waals surface area contributed by atoms with Crippen LogP contribution in [0.4, 0.5) is 5.69 Å². The molecule has 36 heavy (non-hydrogen) atoms. The first-order chi connectivity index (χ1) is 17.1. The Morgan fingerprint density at radius 3 is 2.00 bits per heavy atom. The molecule has 9 heteroatoms. The molecule has 1 atom stereocenters. The van der Waals surface area contributed by atoms with E-state index in [0.717, 1.165) is 4.31 Å². The van der Waals surface area contributed by atoms with Crippen LogP contribution >= 0.6 is 11.6 Å². The Labute approximate surface area is 217 Å². The molecule has 0 unspecified atom stereocenters. The van der Waals surface area contributed by atoms with E-state index in [4.69, 9.17) is 11.6 Å². The fraction of sp³-hybridized carbons (Fsp3) is 0.259. The van der Waals surface area contributed by atoms with Crippen LogP contribution < -0.4 is 9.62 Å². The normalized spacial score (nSPS) is 12.1. The fourth-order valence-corrected chi connectivity index (χ4v) is 5.27. The molecule has 7 nitrogen and oxygen atoms in total. The lowest BCUT2D eigenvalue weighted by Gasteiger charge is -2.32. The number of halogens is 1. The summed E-state index contributed by atoms with van der Waals surface area (Å²) < 4.78 is 28.3. The molecule has 1 N–H and O–H groups in total. The maximum Gasteiger partial charge on any atom is 0.264 e. The number of hydrogen-bond acceptors (Lipinski definition) is 4. The van der Waals surface area contributed by atoms with Gasteiger partial charge in [-0.05, 0) is 56.7 Å². The molecular formula is C27H30ClN3O4S. The van der Waals surface area contributed by atoms with Crippen LogP contribution in [-0.2, 0) is 26.2 Å². The van der Waals surface area contributed by atoms with Crippen LogP contribution in [0, 0.1) is 0 Å². The van der Waals surface area contributed by atoms with Crippen LogP contribution in [0.15, 0.2) is 89.8 Å². The van der Waals surface area contributed by atoms with Gasteiger partial charge in [0.05, 0.1) is 10.6 Å². The Hall–Kier alpha value is -3.36. The first kappa shape index (κ1) is 27.2. The predicted octanol–water partition coefficient (Wildman–Crippen LogP) is 4.48. The summed E-state index contributed by atoms with van der Waals surface area (Å²) in [6, 6.07) is 22.4. The summed E-state index contributed by atoms with van der Waals surface area (Å²) >= 11 is 6.35. The van der Waals surface area contributed by atoms with Crippen LogP contribution in [0.1, 0.15) is 26.3 Å². The predicted molar refractivity (Wildman–Crippen MR) is 142 cm³/mol. The Kier molecular flexibility index (Phi) is 9.12. The van der Waals surface area contributed by atoms with Crippen LogP contribution in [0.2, 0.25) is 5.02 Å². The molecule has 0 fully saturated rings. The zero-order valence-electron chi connectivity index (χ0n) is 20.5. The lowest BCUT2D eigenvalue weighted by Crippen LogP contribution is -2.52. The monoisotopic (exact) mass is 527 g/mol. The van der Waals surface area contributed by atoms with E-state index in [1.807, 2.05) is 13.8 Å². The number of nitrogens with one attached hydrogen (secondary N) is 1. The second-order valence-corrected chi connectivity index (χ2v) is 10.9. The molecule has 190 valence electrons. The third kappa shape index (κ3) is 6.65. The third-order valence-electron chi connectivity index (χ3n) is 5.55. The number of benzene rings is 3. The first-order valence-electron chi connectivity index (χ1n) is 11.6. The Morgan fingerprint density at radius 1 is 0.861 bits per heavy atom. The van der Waals surface area contributed by atoms with Gasteiger partial charge >= 0.3 is 0 Å². The third-order valence-corrected chi connectivity index (χ3v) is 7.71. The van der Waals surface area contributed by atoms with Crippen molar-refractivity contribution in [3.8, 4) is 0 Å². The van der Waals surface area contributed by atoms with Gasteiger partial charge in [0.1, 0.15) is 12.6 Å². The van der Waals surface area contributed by atoms with Crippen molar-refractivity contribution in [2.75, 3.05) is 10.8 Å². The topological polar surface area (TPSA) is 86.8 Å². The van der Waals surface area contributed by atoms with Crippen LogP contribution in [0.3, 0.4) is 0 Å². The highest BCUT2D eigenvalue weighted by Gasteiger charge is 2.32. The molecule has 0 radical (unpaired) electrons. The van der Waals surface area contributed by atoms with E-state index in [-0.39, 0.29) is 23.4 Å². The summed E-state index contributed by atoms with van der Waals surface area (Å²) in [5, 5.41) is 3.27. The van der Waals surface area contributed by atoms with Crippen molar-refractivity contribution in [2.45, 2.75) is 44.3 Å². The fourth-order valence-electron chi connectivity index (χ4n) is 3.64. The lowest BCUT2D eigenvalue weighted by molar-refractivity contribution is -0.139. The number of nitrogens with zero attached hydrogens (tertiary/aromatic N) is 2. The molecule has 0 aliphatic heterocycles. The largest absolute Gasteiger partial charge is 0.352 e. The second kappa shape index (κ2) is 12.1. The van der Waals surface area contributed by atoms with Gasteiger partial charge in [-0.2, -0.15) is 0 Å². The SMILES string of the molecule is CC(C)NC(=O)[C@H](C)N(Cc1ccccc1Cl)C(=O)CN(c1ccccc1)S(=O)(=O)c1ccccc1. The number of para-hydroxylation sites is 1. The minimum atomic E-state index is -4.07. The number of anilines is 1. The average Bonchev–Trinajstić information content (AvgIpc) is 2.86. The van der Waals surface area contributed by atoms with Crippen LogP contribution in [0.25, 0.3) is 0 Å². The maximum atomic E-state index is 13.7. The summed E-state index contributed by atoms with van der Waals surface area (Å²) in [4.78, 5) is 28.0. The maximum absolute atomic E-state index is 13.7. The summed E-state index contributed by atoms with van der Waals surface area (Å²) in [7, 11) is -4.07. The molecule has 0 saturated carbocycles. The summed E-state index contributed by atoms with van der Waals surface area (Å²) in [5.41, 5.74) is 0.987. The number of carbonyl (C=O) groups is 2. The molecule has 0 aromatic heterocycles. The molecule has 0 heterocycles. The van der Waals surface area contributed by atoms with Gasteiger partial charge in [-0.15, -0.1) is 0 Å². The van der Waals surface area contributed by atoms with Gasteiger partial charge in [-0.1, -0.05) is 66.2 Å². The second-order valence-electron chi connectivity index (χ2n) is 8.61. The highest BCUT2D eigenvalue weighted by atomic mass is 35.5. The van der Waals surface area contributed by atoms with Crippen LogP contribution in [0.5, 0.6) is 0 Å². The van der Waals surface area contributed by atoms with E-state index >= 15 is 0 Å². The van der Waals surface area contributed by atoms with E-state index in [9.17, 15) is 18.0 Å². The van der Waals surface area contributed by atoms with Gasteiger partial charge in [0.2, 0.25) is 11.8 Å². The minimum Gasteiger partial charge on any atom is -0.352 e. The summed E-state index contributed by atoms with van der Waals surface area (Å²) in [5.74, 6) is -0.882. The van der Waals surface area contributed by atoms with Gasteiger partial charge in [0, 0.05) is 17.6 Å². The van der Waals surface area contributed by atoms with Crippen molar-refractivity contribution in [3.05, 3.63) is 95.5 Å². The smallest absolute Gasteiger partial charge is 0.264 e. The molecule has 0 spiro atoms. The van der Waals surface area contributed by atoms with Crippen LogP contribution in [-0.4, -0.2) is 43.8 Å². The molecule has 3 rings (SSSR count). The lowest BCUT2D eigenvalue weighted by atomic mass is 10.1. The quantitative estimate of drug-likeness (QED) is 0.421. The standard InChI is InChI=1S/C27H30ClN3O4S/c1-20(2)29-27(33)21(3)30(18-22-12-10-11-17-25(22)28)26(32)19-31(23-13-6-4-7-14-23)36(34,35)24-15-8-5-9-16-24/h4-17,20-21H,18-19H2,1-3H3,(H,29,33)/t21-/m0/s1. The molecule has 3 aromatic rings. The number of amides is 2. The molecular weight excluding hydrogens is 498 g/mol. The number of rotatable bonds is 10. The van der Waals surface area contributed by atoms with Crippen molar-refractivity contribution >= 4 is 39.1 Å². The zero-order chi connectivity index (χ0) is 26.3. The minimum absolute atomic E-state index is 0.0409. The molecule has 0 saturated heterocycles. The van der Waals surface area contributed by atoms with Gasteiger partial charge in [-0.3, -0.25) is 13.9 Å². The molecule has 0 aliphatic rings. The Balaban J connectivity index is 2.00. The molecule has 3 aromatic carbocycles. The van der Waals surface area contributed by atoms with E-state index < -0.39 is 28.5 Å². The molecule has 0 bridgehead atoms. The van der Waals surface area contributed by atoms with Crippen molar-refractivity contribution in [1.29, 1.82) is 0 Å². The first-order valence-corrected chi connectivity index (χ1v) is 13.4. The Morgan fingerprint density at radius 2 is 1.42 bits per heavy atom. The van der Waals surface area contributed by atoms with Gasteiger partial charge < -0.3 is 10.2 Å². The van der Waals surface area contributed by atoms with Crippen molar-refractivity contribution < 1.29 is 18.0 Å². The molecule has 2 amide bonds. The highest BCUT2D eigenvalue weighted by molar-refractivity contribution is 7.92. The van der Waals surface area contributed by atoms with Gasteiger partial charge in [-0.25, -0.2) is 8.42 Å². The number of hydrogen-bond donors (Lipinski definition) is 1. The van der Waals surface area contributed by atoms with Gasteiger partial charge in [0.25, 0.3) is 10.0 Å². The highest BCUT2D eigenvalue weighted by Crippen LogP contribution is 2.25. The van der Waals surface area contributed by atoms with Gasteiger partial charge in [0.15, 0.2) is 0 Å². The summed E-state index contributed by atoms with van der Waals surface area (Å²) in [6.07, 6.45) is 0. The zero-order valence-corrected chi connectivity index (χ0v) is 22.0. The van der Waals surface area contributed by atoms with E-state index in [2.05, 4.69) is 5.32 Å². The van der Waals surface area contributed by atoms with E-state index in [1.54, 1.807) is 79.7 Å². The van der Waals surface area contributed by atoms with Crippen molar-refractivity contribution in [1.82, 2.24) is 10.2 Å². The average molecular weight is 528 g/mol.